The topological polar surface area (TPSA) is 83.6 Å². The van der Waals surface area contributed by atoms with Gasteiger partial charge in [0.25, 0.3) is 0 Å². The Morgan fingerprint density at radius 3 is 2.61 bits per heavy atom. The SMILES string of the molecule is CC1CC2(CCCC2)CN1C(=O)C[C@H](N)C(=O)O. The molecule has 1 aliphatic carbocycles. The van der Waals surface area contributed by atoms with Crippen molar-refractivity contribution in [3.05, 3.63) is 0 Å². The van der Waals surface area contributed by atoms with Crippen LogP contribution in [0.4, 0.5) is 0 Å². The van der Waals surface area contributed by atoms with Crippen molar-refractivity contribution in [2.45, 2.75) is 57.5 Å². The highest BCUT2D eigenvalue weighted by Gasteiger charge is 2.45. The molecule has 5 heteroatoms. The van der Waals surface area contributed by atoms with Crippen molar-refractivity contribution in [3.63, 3.8) is 0 Å². The Labute approximate surface area is 107 Å². The summed E-state index contributed by atoms with van der Waals surface area (Å²) in [5, 5.41) is 8.75. The molecular weight excluding hydrogens is 232 g/mol. The van der Waals surface area contributed by atoms with E-state index in [2.05, 4.69) is 6.92 Å². The largest absolute Gasteiger partial charge is 0.480 e. The molecule has 1 saturated carbocycles. The van der Waals surface area contributed by atoms with Crippen LogP contribution in [0.15, 0.2) is 0 Å². The molecule has 2 rings (SSSR count). The van der Waals surface area contributed by atoms with Crippen LogP contribution in [0.25, 0.3) is 0 Å². The van der Waals surface area contributed by atoms with Gasteiger partial charge in [-0.3, -0.25) is 9.59 Å². The van der Waals surface area contributed by atoms with Crippen LogP contribution in [0.1, 0.15) is 45.4 Å². The second-order valence-electron chi connectivity index (χ2n) is 5.93. The zero-order valence-corrected chi connectivity index (χ0v) is 10.9. The summed E-state index contributed by atoms with van der Waals surface area (Å²) in [4.78, 5) is 24.6. The van der Waals surface area contributed by atoms with E-state index >= 15 is 0 Å². The average molecular weight is 254 g/mol. The van der Waals surface area contributed by atoms with E-state index < -0.39 is 12.0 Å². The fourth-order valence-electron chi connectivity index (χ4n) is 3.53. The number of likely N-dealkylation sites (tertiary alicyclic amines) is 1. The predicted molar refractivity (Wildman–Crippen MR) is 66.9 cm³/mol. The minimum Gasteiger partial charge on any atom is -0.480 e. The lowest BCUT2D eigenvalue weighted by atomic mass is 9.84. The molecule has 0 aromatic rings. The number of aliphatic carboxylic acids is 1. The minimum atomic E-state index is -1.11. The molecule has 0 radical (unpaired) electrons. The smallest absolute Gasteiger partial charge is 0.321 e. The van der Waals surface area contributed by atoms with Gasteiger partial charge < -0.3 is 15.7 Å². The van der Waals surface area contributed by atoms with Gasteiger partial charge >= 0.3 is 5.97 Å². The zero-order valence-electron chi connectivity index (χ0n) is 10.9. The molecule has 0 bridgehead atoms. The van der Waals surface area contributed by atoms with Crippen molar-refractivity contribution in [1.82, 2.24) is 4.90 Å². The molecule has 2 fully saturated rings. The molecule has 3 N–H and O–H groups in total. The van der Waals surface area contributed by atoms with Crippen LogP contribution in [0, 0.1) is 5.41 Å². The molecule has 1 amide bonds. The van der Waals surface area contributed by atoms with E-state index in [4.69, 9.17) is 10.8 Å². The van der Waals surface area contributed by atoms with E-state index in [1.807, 2.05) is 4.90 Å². The monoisotopic (exact) mass is 254 g/mol. The molecular formula is C13H22N2O3. The van der Waals surface area contributed by atoms with Gasteiger partial charge in [0, 0.05) is 12.6 Å². The Morgan fingerprint density at radius 1 is 1.44 bits per heavy atom. The van der Waals surface area contributed by atoms with Crippen LogP contribution >= 0.6 is 0 Å². The van der Waals surface area contributed by atoms with Crippen LogP contribution in [-0.2, 0) is 9.59 Å². The summed E-state index contributed by atoms with van der Waals surface area (Å²) in [6.07, 6.45) is 5.88. The van der Waals surface area contributed by atoms with Gasteiger partial charge in [-0.2, -0.15) is 0 Å². The third-order valence-corrected chi connectivity index (χ3v) is 4.46. The maximum absolute atomic E-state index is 12.1. The molecule has 1 saturated heterocycles. The number of carbonyl (C=O) groups is 2. The first-order valence-corrected chi connectivity index (χ1v) is 6.71. The van der Waals surface area contributed by atoms with Crippen LogP contribution in [0.5, 0.6) is 0 Å². The maximum atomic E-state index is 12.1. The number of amides is 1. The third-order valence-electron chi connectivity index (χ3n) is 4.46. The average Bonchev–Trinajstić information content (AvgIpc) is 2.86. The number of carboxylic acids is 1. The summed E-state index contributed by atoms with van der Waals surface area (Å²) >= 11 is 0. The van der Waals surface area contributed by atoms with E-state index in [9.17, 15) is 9.59 Å². The summed E-state index contributed by atoms with van der Waals surface area (Å²) < 4.78 is 0. The van der Waals surface area contributed by atoms with Gasteiger partial charge in [0.2, 0.25) is 5.91 Å². The lowest BCUT2D eigenvalue weighted by Gasteiger charge is -2.24. The second kappa shape index (κ2) is 4.88. The Bertz CT molecular complexity index is 350. The van der Waals surface area contributed by atoms with Crippen LogP contribution in [0.2, 0.25) is 0 Å². The number of carbonyl (C=O) groups excluding carboxylic acids is 1. The highest BCUT2D eigenvalue weighted by atomic mass is 16.4. The molecule has 2 atom stereocenters. The summed E-state index contributed by atoms with van der Waals surface area (Å²) in [6, 6.07) is -0.860. The number of nitrogens with two attached hydrogens (primary N) is 1. The van der Waals surface area contributed by atoms with Crippen molar-refractivity contribution in [3.8, 4) is 0 Å². The van der Waals surface area contributed by atoms with Crippen molar-refractivity contribution < 1.29 is 14.7 Å². The van der Waals surface area contributed by atoms with Gasteiger partial charge in [-0.25, -0.2) is 0 Å². The fourth-order valence-corrected chi connectivity index (χ4v) is 3.53. The fraction of sp³-hybridized carbons (Fsp3) is 0.846. The highest BCUT2D eigenvalue weighted by Crippen LogP contribution is 2.47. The van der Waals surface area contributed by atoms with Crippen LogP contribution in [0.3, 0.4) is 0 Å². The van der Waals surface area contributed by atoms with Crippen molar-refractivity contribution in [2.24, 2.45) is 11.1 Å². The number of nitrogens with zero attached hydrogens (tertiary/aromatic N) is 1. The third kappa shape index (κ3) is 2.51. The predicted octanol–water partition coefficient (Wildman–Crippen LogP) is 0.970. The van der Waals surface area contributed by atoms with Gasteiger partial charge in [0.1, 0.15) is 6.04 Å². The van der Waals surface area contributed by atoms with Gasteiger partial charge in [0.15, 0.2) is 0 Å². The maximum Gasteiger partial charge on any atom is 0.321 e. The Hall–Kier alpha value is -1.10. The molecule has 18 heavy (non-hydrogen) atoms. The van der Waals surface area contributed by atoms with Crippen molar-refractivity contribution in [2.75, 3.05) is 6.54 Å². The molecule has 0 aromatic heterocycles. The summed E-state index contributed by atoms with van der Waals surface area (Å²) in [7, 11) is 0. The first-order valence-electron chi connectivity index (χ1n) is 6.71. The lowest BCUT2D eigenvalue weighted by Crippen LogP contribution is -2.41. The minimum absolute atomic E-state index is 0.0875. The van der Waals surface area contributed by atoms with Gasteiger partial charge in [0.05, 0.1) is 6.42 Å². The first-order chi connectivity index (χ1) is 8.43. The van der Waals surface area contributed by atoms with Gasteiger partial charge in [-0.1, -0.05) is 12.8 Å². The van der Waals surface area contributed by atoms with E-state index in [1.165, 1.54) is 25.7 Å². The molecule has 0 aromatic carbocycles. The molecule has 1 heterocycles. The molecule has 1 unspecified atom stereocenters. The Balaban J connectivity index is 1.97. The molecule has 102 valence electrons. The van der Waals surface area contributed by atoms with E-state index in [-0.39, 0.29) is 18.4 Å². The normalized spacial score (nSPS) is 27.7. The number of rotatable bonds is 3. The van der Waals surface area contributed by atoms with Crippen molar-refractivity contribution >= 4 is 11.9 Å². The zero-order chi connectivity index (χ0) is 13.3. The molecule has 1 aliphatic heterocycles. The second-order valence-corrected chi connectivity index (χ2v) is 5.93. The molecule has 2 aliphatic rings. The summed E-state index contributed by atoms with van der Waals surface area (Å²) in [5.41, 5.74) is 5.74. The lowest BCUT2D eigenvalue weighted by molar-refractivity contribution is -0.142. The first kappa shape index (κ1) is 13.3. The number of hydrogen-bond donors (Lipinski definition) is 2. The Kier molecular flexibility index (Phi) is 3.61. The highest BCUT2D eigenvalue weighted by molar-refractivity contribution is 5.84. The van der Waals surface area contributed by atoms with Gasteiger partial charge in [-0.05, 0) is 31.6 Å². The molecule has 1 spiro atoms. The molecule has 5 nitrogen and oxygen atoms in total. The summed E-state index contributed by atoms with van der Waals surface area (Å²) in [5.74, 6) is -1.22. The van der Waals surface area contributed by atoms with Crippen molar-refractivity contribution in [1.29, 1.82) is 0 Å². The van der Waals surface area contributed by atoms with E-state index in [0.717, 1.165) is 13.0 Å². The van der Waals surface area contributed by atoms with E-state index in [1.54, 1.807) is 0 Å². The summed E-state index contributed by atoms with van der Waals surface area (Å²) in [6.45, 7) is 2.84. The van der Waals surface area contributed by atoms with E-state index in [0.29, 0.717) is 5.41 Å². The quantitative estimate of drug-likeness (QED) is 0.786. The number of hydrogen-bond acceptors (Lipinski definition) is 3. The standard InChI is InChI=1S/C13H22N2O3/c1-9-7-13(4-2-3-5-13)8-15(9)11(16)6-10(14)12(17)18/h9-10H,2-8,14H2,1H3,(H,17,18)/t9?,10-/m0/s1. The van der Waals surface area contributed by atoms with Gasteiger partial charge in [-0.15, -0.1) is 0 Å². The van der Waals surface area contributed by atoms with Crippen LogP contribution in [-0.4, -0.2) is 40.5 Å². The van der Waals surface area contributed by atoms with Crippen LogP contribution < -0.4 is 5.73 Å². The Morgan fingerprint density at radius 2 is 2.06 bits per heavy atom. The number of carboxylic acid groups (broad SMARTS) is 1.